The maximum atomic E-state index is 12.6. The fourth-order valence-corrected chi connectivity index (χ4v) is 3.82. The second-order valence-corrected chi connectivity index (χ2v) is 8.19. The molecule has 142 valence electrons. The Kier molecular flexibility index (Phi) is 7.18. The Labute approximate surface area is 162 Å². The van der Waals surface area contributed by atoms with Gasteiger partial charge in [-0.15, -0.1) is 5.10 Å². The van der Waals surface area contributed by atoms with E-state index in [4.69, 9.17) is 4.74 Å². The zero-order valence-corrected chi connectivity index (χ0v) is 17.3. The first kappa shape index (κ1) is 20.4. The van der Waals surface area contributed by atoms with Gasteiger partial charge in [-0.1, -0.05) is 15.9 Å². The third-order valence-corrected chi connectivity index (χ3v) is 5.35. The molecule has 0 amide bonds. The predicted molar refractivity (Wildman–Crippen MR) is 105 cm³/mol. The van der Waals surface area contributed by atoms with Gasteiger partial charge in [0.25, 0.3) is 0 Å². The molecule has 26 heavy (non-hydrogen) atoms. The topological polar surface area (TPSA) is 96.5 Å². The van der Waals surface area contributed by atoms with E-state index in [1.54, 1.807) is 25.3 Å². The van der Waals surface area contributed by atoms with E-state index in [0.717, 1.165) is 5.69 Å². The van der Waals surface area contributed by atoms with Crippen LogP contribution in [-0.2, 0) is 10.0 Å². The number of hydrogen-bond donors (Lipinski definition) is 2. The van der Waals surface area contributed by atoms with Crippen LogP contribution in [0.25, 0.3) is 0 Å². The molecule has 10 heteroatoms. The summed E-state index contributed by atoms with van der Waals surface area (Å²) in [6.45, 7) is 2.74. The Balaban J connectivity index is 1.99. The first-order valence-electron chi connectivity index (χ1n) is 7.99. The molecule has 1 aromatic heterocycles. The minimum Gasteiger partial charge on any atom is -0.492 e. The minimum absolute atomic E-state index is 0.100. The van der Waals surface area contributed by atoms with Gasteiger partial charge in [0.1, 0.15) is 10.6 Å². The standard InChI is InChI=1S/C16H22BrN5O3S/c1-4-25-14-6-5-12(17)9-15(14)26(23,24)20-8-7-18-16-10-13(22(2)3)11-19-21-16/h5-6,9-11,20H,4,7-8H2,1-3H3,(H,18,21). The summed E-state index contributed by atoms with van der Waals surface area (Å²) in [6.07, 6.45) is 1.65. The van der Waals surface area contributed by atoms with Crippen molar-refractivity contribution in [3.63, 3.8) is 0 Å². The molecule has 0 radical (unpaired) electrons. The van der Waals surface area contributed by atoms with Crippen LogP contribution in [-0.4, -0.2) is 52.4 Å². The Morgan fingerprint density at radius 2 is 2.00 bits per heavy atom. The number of rotatable bonds is 9. The van der Waals surface area contributed by atoms with Crippen molar-refractivity contribution in [2.24, 2.45) is 0 Å². The first-order chi connectivity index (χ1) is 12.3. The van der Waals surface area contributed by atoms with Crippen LogP contribution in [0.2, 0.25) is 0 Å². The molecular weight excluding hydrogens is 422 g/mol. The maximum absolute atomic E-state index is 12.6. The van der Waals surface area contributed by atoms with E-state index in [0.29, 0.717) is 29.2 Å². The molecule has 0 aliphatic heterocycles. The van der Waals surface area contributed by atoms with Crippen LogP contribution in [0.15, 0.2) is 39.8 Å². The number of nitrogens with zero attached hydrogens (tertiary/aromatic N) is 3. The van der Waals surface area contributed by atoms with Gasteiger partial charge in [-0.2, -0.15) is 5.10 Å². The summed E-state index contributed by atoms with van der Waals surface area (Å²) in [7, 11) is 0.110. The van der Waals surface area contributed by atoms with Crippen molar-refractivity contribution in [1.29, 1.82) is 0 Å². The van der Waals surface area contributed by atoms with Crippen LogP contribution in [0.3, 0.4) is 0 Å². The number of ether oxygens (including phenoxy) is 1. The van der Waals surface area contributed by atoms with Gasteiger partial charge in [-0.25, -0.2) is 13.1 Å². The number of anilines is 2. The highest BCUT2D eigenvalue weighted by molar-refractivity contribution is 9.10. The number of hydrogen-bond acceptors (Lipinski definition) is 7. The Morgan fingerprint density at radius 3 is 2.69 bits per heavy atom. The van der Waals surface area contributed by atoms with E-state index >= 15 is 0 Å². The summed E-state index contributed by atoms with van der Waals surface area (Å²) in [6, 6.07) is 6.72. The van der Waals surface area contributed by atoms with Gasteiger partial charge in [0.15, 0.2) is 5.82 Å². The number of aromatic nitrogens is 2. The van der Waals surface area contributed by atoms with Gasteiger partial charge in [0, 0.05) is 37.7 Å². The number of halogens is 1. The summed E-state index contributed by atoms with van der Waals surface area (Å²) in [5, 5.41) is 10.9. The Bertz CT molecular complexity index is 846. The van der Waals surface area contributed by atoms with Gasteiger partial charge in [-0.05, 0) is 25.1 Å². The van der Waals surface area contributed by atoms with E-state index in [1.807, 2.05) is 25.1 Å². The van der Waals surface area contributed by atoms with Crippen molar-refractivity contribution in [3.05, 3.63) is 34.9 Å². The second-order valence-electron chi connectivity index (χ2n) is 5.54. The Hall–Kier alpha value is -1.91. The average molecular weight is 444 g/mol. The van der Waals surface area contributed by atoms with Crippen molar-refractivity contribution in [3.8, 4) is 5.75 Å². The fraction of sp³-hybridized carbons (Fsp3) is 0.375. The third kappa shape index (κ3) is 5.55. The van der Waals surface area contributed by atoms with E-state index < -0.39 is 10.0 Å². The van der Waals surface area contributed by atoms with Crippen LogP contribution in [0.5, 0.6) is 5.75 Å². The van der Waals surface area contributed by atoms with Gasteiger partial charge in [-0.3, -0.25) is 0 Å². The van der Waals surface area contributed by atoms with Gasteiger partial charge in [0.2, 0.25) is 10.0 Å². The summed E-state index contributed by atoms with van der Waals surface area (Å²) in [5.74, 6) is 0.897. The summed E-state index contributed by atoms with van der Waals surface area (Å²) < 4.78 is 33.8. The van der Waals surface area contributed by atoms with Crippen LogP contribution >= 0.6 is 15.9 Å². The van der Waals surface area contributed by atoms with E-state index in [2.05, 4.69) is 36.2 Å². The normalized spacial score (nSPS) is 11.2. The molecule has 0 atom stereocenters. The molecule has 0 aliphatic rings. The van der Waals surface area contributed by atoms with Crippen molar-refractivity contribution in [1.82, 2.24) is 14.9 Å². The average Bonchev–Trinajstić information content (AvgIpc) is 2.60. The molecule has 2 aromatic rings. The van der Waals surface area contributed by atoms with E-state index in [1.165, 1.54) is 6.07 Å². The van der Waals surface area contributed by atoms with Gasteiger partial charge in [0.05, 0.1) is 18.5 Å². The lowest BCUT2D eigenvalue weighted by Gasteiger charge is -2.14. The van der Waals surface area contributed by atoms with Crippen molar-refractivity contribution < 1.29 is 13.2 Å². The molecule has 2 N–H and O–H groups in total. The quantitative estimate of drug-likeness (QED) is 0.572. The number of nitrogens with one attached hydrogen (secondary N) is 2. The first-order valence-corrected chi connectivity index (χ1v) is 10.3. The molecule has 0 saturated carbocycles. The molecule has 1 aromatic carbocycles. The molecule has 0 aliphatic carbocycles. The summed E-state index contributed by atoms with van der Waals surface area (Å²) in [5.41, 5.74) is 0.901. The smallest absolute Gasteiger partial charge is 0.244 e. The third-order valence-electron chi connectivity index (χ3n) is 3.37. The zero-order valence-electron chi connectivity index (χ0n) is 14.9. The van der Waals surface area contributed by atoms with E-state index in [9.17, 15) is 8.42 Å². The molecule has 0 saturated heterocycles. The largest absolute Gasteiger partial charge is 0.492 e. The highest BCUT2D eigenvalue weighted by atomic mass is 79.9. The zero-order chi connectivity index (χ0) is 19.2. The molecule has 0 fully saturated rings. The molecule has 0 unspecified atom stereocenters. The summed E-state index contributed by atoms with van der Waals surface area (Å²) >= 11 is 3.29. The van der Waals surface area contributed by atoms with E-state index in [-0.39, 0.29) is 11.4 Å². The van der Waals surface area contributed by atoms with Crippen molar-refractivity contribution in [2.45, 2.75) is 11.8 Å². The molecule has 0 bridgehead atoms. The highest BCUT2D eigenvalue weighted by Crippen LogP contribution is 2.27. The molecule has 8 nitrogen and oxygen atoms in total. The lowest BCUT2D eigenvalue weighted by molar-refractivity contribution is 0.331. The minimum atomic E-state index is -3.70. The Morgan fingerprint density at radius 1 is 1.23 bits per heavy atom. The number of sulfonamides is 1. The van der Waals surface area contributed by atoms with Crippen LogP contribution in [0.1, 0.15) is 6.92 Å². The van der Waals surface area contributed by atoms with Crippen LogP contribution in [0, 0.1) is 0 Å². The SMILES string of the molecule is CCOc1ccc(Br)cc1S(=O)(=O)NCCNc1cc(N(C)C)cnn1. The van der Waals surface area contributed by atoms with Gasteiger partial charge >= 0.3 is 0 Å². The van der Waals surface area contributed by atoms with Crippen LogP contribution < -0.4 is 19.7 Å². The lowest BCUT2D eigenvalue weighted by Crippen LogP contribution is -2.29. The highest BCUT2D eigenvalue weighted by Gasteiger charge is 2.19. The maximum Gasteiger partial charge on any atom is 0.244 e. The fourth-order valence-electron chi connectivity index (χ4n) is 2.11. The molecule has 1 heterocycles. The van der Waals surface area contributed by atoms with Gasteiger partial charge < -0.3 is 15.0 Å². The van der Waals surface area contributed by atoms with Crippen molar-refractivity contribution in [2.75, 3.05) is 44.0 Å². The lowest BCUT2D eigenvalue weighted by atomic mass is 10.3. The number of benzene rings is 1. The van der Waals surface area contributed by atoms with Crippen LogP contribution in [0.4, 0.5) is 11.5 Å². The summed E-state index contributed by atoms with van der Waals surface area (Å²) in [4.78, 5) is 2.01. The second kappa shape index (κ2) is 9.15. The molecular formula is C16H22BrN5O3S. The monoisotopic (exact) mass is 443 g/mol. The molecule has 2 rings (SSSR count). The molecule has 0 spiro atoms. The predicted octanol–water partition coefficient (Wildman–Crippen LogP) is 2.09. The van der Waals surface area contributed by atoms with Crippen molar-refractivity contribution >= 4 is 37.5 Å².